The van der Waals surface area contributed by atoms with Crippen molar-refractivity contribution in [3.8, 4) is 5.88 Å². The first-order valence-corrected chi connectivity index (χ1v) is 8.88. The summed E-state index contributed by atoms with van der Waals surface area (Å²) in [5.74, 6) is 4.30. The molecule has 1 aliphatic heterocycles. The summed E-state index contributed by atoms with van der Waals surface area (Å²) in [5, 5.41) is 7.49. The summed E-state index contributed by atoms with van der Waals surface area (Å²) in [6, 6.07) is 4.08. The van der Waals surface area contributed by atoms with E-state index in [4.69, 9.17) is 9.47 Å². The maximum Gasteiger partial charge on any atom is 0.213 e. The lowest BCUT2D eigenvalue weighted by Gasteiger charge is -2.16. The molecule has 2 atom stereocenters. The van der Waals surface area contributed by atoms with Gasteiger partial charge in [-0.2, -0.15) is 5.10 Å². The minimum absolute atomic E-state index is 0.401. The van der Waals surface area contributed by atoms with Crippen molar-refractivity contribution >= 4 is 0 Å². The number of aromatic nitrogens is 4. The fourth-order valence-corrected chi connectivity index (χ4v) is 3.91. The van der Waals surface area contributed by atoms with E-state index in [1.54, 1.807) is 14.2 Å². The van der Waals surface area contributed by atoms with Crippen LogP contribution in [0.1, 0.15) is 36.0 Å². The summed E-state index contributed by atoms with van der Waals surface area (Å²) in [6.07, 6.45) is 4.49. The molecule has 7 nitrogen and oxygen atoms in total. The van der Waals surface area contributed by atoms with Crippen molar-refractivity contribution in [3.63, 3.8) is 0 Å². The third-order valence-corrected chi connectivity index (χ3v) is 5.24. The van der Waals surface area contributed by atoms with Crippen LogP contribution in [0, 0.1) is 11.8 Å². The first kappa shape index (κ1) is 16.5. The molecule has 0 bridgehead atoms. The van der Waals surface area contributed by atoms with Gasteiger partial charge in [0.25, 0.3) is 0 Å². The largest absolute Gasteiger partial charge is 0.481 e. The van der Waals surface area contributed by atoms with Crippen LogP contribution in [0.5, 0.6) is 5.88 Å². The average molecular weight is 343 g/mol. The van der Waals surface area contributed by atoms with Gasteiger partial charge in [0.05, 0.1) is 7.11 Å². The number of likely N-dealkylation sites (tertiary alicyclic amines) is 1. The molecule has 1 aliphatic carbocycles. The summed E-state index contributed by atoms with van der Waals surface area (Å²) in [5.41, 5.74) is 1.23. The number of methoxy groups -OCH3 is 2. The molecular weight excluding hydrogens is 318 g/mol. The van der Waals surface area contributed by atoms with Crippen molar-refractivity contribution in [2.75, 3.05) is 27.3 Å². The normalized spacial score (nSPS) is 23.9. The first-order chi connectivity index (χ1) is 12.3. The fourth-order valence-electron chi connectivity index (χ4n) is 3.91. The van der Waals surface area contributed by atoms with Gasteiger partial charge in [0.1, 0.15) is 6.61 Å². The van der Waals surface area contributed by atoms with Gasteiger partial charge in [-0.15, -0.1) is 0 Å². The van der Waals surface area contributed by atoms with Crippen molar-refractivity contribution in [2.24, 2.45) is 11.8 Å². The van der Waals surface area contributed by atoms with Crippen LogP contribution >= 0.6 is 0 Å². The number of nitrogens with one attached hydrogen (secondary N) is 1. The van der Waals surface area contributed by atoms with Crippen LogP contribution in [-0.2, 0) is 17.9 Å². The molecule has 1 saturated heterocycles. The first-order valence-electron chi connectivity index (χ1n) is 8.88. The molecule has 0 spiro atoms. The molecule has 0 unspecified atom stereocenters. The predicted octanol–water partition coefficient (Wildman–Crippen LogP) is 1.98. The lowest BCUT2D eigenvalue weighted by molar-refractivity contribution is 0.178. The van der Waals surface area contributed by atoms with Crippen LogP contribution < -0.4 is 4.74 Å². The molecule has 0 amide bonds. The molecule has 1 saturated carbocycles. The molecule has 2 aromatic heterocycles. The van der Waals surface area contributed by atoms with Gasteiger partial charge in [-0.3, -0.25) is 10.00 Å². The third kappa shape index (κ3) is 3.67. The van der Waals surface area contributed by atoms with Gasteiger partial charge in [0.15, 0.2) is 11.6 Å². The molecule has 4 rings (SSSR count). The Balaban J connectivity index is 1.48. The van der Waals surface area contributed by atoms with Gasteiger partial charge in [-0.05, 0) is 36.3 Å². The van der Waals surface area contributed by atoms with Crippen LogP contribution in [0.15, 0.2) is 18.3 Å². The van der Waals surface area contributed by atoms with Crippen LogP contribution in [0.4, 0.5) is 0 Å². The highest BCUT2D eigenvalue weighted by Gasteiger charge is 2.44. The van der Waals surface area contributed by atoms with E-state index in [0.29, 0.717) is 24.3 Å². The van der Waals surface area contributed by atoms with E-state index >= 15 is 0 Å². The maximum absolute atomic E-state index is 5.24. The quantitative estimate of drug-likeness (QED) is 0.828. The second-order valence-corrected chi connectivity index (χ2v) is 7.08. The third-order valence-electron chi connectivity index (χ3n) is 5.24. The van der Waals surface area contributed by atoms with Gasteiger partial charge in [-0.25, -0.2) is 9.97 Å². The smallest absolute Gasteiger partial charge is 0.213 e. The molecule has 2 fully saturated rings. The zero-order valence-corrected chi connectivity index (χ0v) is 14.8. The maximum atomic E-state index is 5.24. The van der Waals surface area contributed by atoms with Gasteiger partial charge < -0.3 is 9.47 Å². The number of pyridine rings is 1. The lowest BCUT2D eigenvalue weighted by Crippen LogP contribution is -2.20. The second kappa shape index (κ2) is 7.09. The van der Waals surface area contributed by atoms with Crippen molar-refractivity contribution < 1.29 is 9.47 Å². The Labute approximate surface area is 147 Å². The molecule has 0 radical (unpaired) electrons. The van der Waals surface area contributed by atoms with E-state index in [1.807, 2.05) is 12.3 Å². The highest BCUT2D eigenvalue weighted by atomic mass is 16.5. The lowest BCUT2D eigenvalue weighted by atomic mass is 9.91. The number of hydrogen-bond donors (Lipinski definition) is 1. The van der Waals surface area contributed by atoms with Crippen LogP contribution in [0.25, 0.3) is 0 Å². The number of ether oxygens (including phenoxy) is 2. The molecule has 2 aromatic rings. The predicted molar refractivity (Wildman–Crippen MR) is 92.1 cm³/mol. The second-order valence-electron chi connectivity index (χ2n) is 7.08. The van der Waals surface area contributed by atoms with Crippen molar-refractivity contribution in [1.82, 2.24) is 25.1 Å². The molecule has 2 aliphatic rings. The van der Waals surface area contributed by atoms with E-state index in [1.165, 1.54) is 18.4 Å². The topological polar surface area (TPSA) is 76.2 Å². The number of rotatable bonds is 7. The summed E-state index contributed by atoms with van der Waals surface area (Å²) in [6.45, 7) is 3.49. The number of nitrogens with zero attached hydrogens (tertiary/aromatic N) is 4. The molecule has 0 aromatic carbocycles. The van der Waals surface area contributed by atoms with Crippen molar-refractivity contribution in [1.29, 1.82) is 0 Å². The van der Waals surface area contributed by atoms with Gasteiger partial charge in [0.2, 0.25) is 5.88 Å². The van der Waals surface area contributed by atoms with E-state index in [2.05, 4.69) is 31.1 Å². The Hall–Kier alpha value is -1.99. The number of hydrogen-bond acceptors (Lipinski definition) is 6. The fraction of sp³-hybridized carbons (Fsp3) is 0.611. The van der Waals surface area contributed by atoms with Crippen LogP contribution in [0.3, 0.4) is 0 Å². The number of aromatic amines is 1. The summed E-state index contributed by atoms with van der Waals surface area (Å²) in [4.78, 5) is 11.4. The zero-order valence-electron chi connectivity index (χ0n) is 14.8. The van der Waals surface area contributed by atoms with Crippen molar-refractivity contribution in [3.05, 3.63) is 35.5 Å². The summed E-state index contributed by atoms with van der Waals surface area (Å²) in [7, 11) is 3.33. The molecule has 7 heteroatoms. The van der Waals surface area contributed by atoms with E-state index < -0.39 is 0 Å². The molecular formula is C18H25N5O2. The number of H-pyrrole nitrogens is 1. The zero-order chi connectivity index (χ0) is 17.2. The minimum Gasteiger partial charge on any atom is -0.481 e. The van der Waals surface area contributed by atoms with E-state index in [0.717, 1.165) is 37.2 Å². The van der Waals surface area contributed by atoms with Gasteiger partial charge >= 0.3 is 0 Å². The Bertz CT molecular complexity index is 715. The highest BCUT2D eigenvalue weighted by Crippen LogP contribution is 2.47. The van der Waals surface area contributed by atoms with Crippen LogP contribution in [0.2, 0.25) is 0 Å². The minimum atomic E-state index is 0.401. The van der Waals surface area contributed by atoms with Gasteiger partial charge in [-0.1, -0.05) is 0 Å². The average Bonchev–Trinajstić information content (AvgIpc) is 3.23. The standard InChI is InChI=1S/C18H25N5O2/c1-24-11-16-20-18(22-21-16)15-10-23(9-14(15)13-3-4-13)8-12-5-6-19-17(7-12)25-2/h5-7,13-15H,3-4,8-11H2,1-2H3,(H,20,21,22)/t14-,15+/m1/s1. The van der Waals surface area contributed by atoms with Gasteiger partial charge in [0, 0.05) is 44.9 Å². The Morgan fingerprint density at radius 1 is 1.28 bits per heavy atom. The van der Waals surface area contributed by atoms with Crippen molar-refractivity contribution in [2.45, 2.75) is 31.9 Å². The molecule has 134 valence electrons. The molecule has 1 N–H and O–H groups in total. The molecule has 25 heavy (non-hydrogen) atoms. The summed E-state index contributed by atoms with van der Waals surface area (Å²) >= 11 is 0. The van der Waals surface area contributed by atoms with E-state index in [9.17, 15) is 0 Å². The highest BCUT2D eigenvalue weighted by molar-refractivity contribution is 5.21. The Kier molecular flexibility index (Phi) is 4.67. The SMILES string of the molecule is COCc1nc([C@H]2CN(Cc3ccnc(OC)c3)C[C@@H]2C2CC2)n[nH]1. The Morgan fingerprint density at radius 2 is 2.16 bits per heavy atom. The molecule has 3 heterocycles. The van der Waals surface area contributed by atoms with Crippen LogP contribution in [-0.4, -0.2) is 52.4 Å². The Morgan fingerprint density at radius 3 is 2.92 bits per heavy atom. The van der Waals surface area contributed by atoms with E-state index in [-0.39, 0.29) is 0 Å². The summed E-state index contributed by atoms with van der Waals surface area (Å²) < 4.78 is 10.4. The monoisotopic (exact) mass is 343 g/mol.